The summed E-state index contributed by atoms with van der Waals surface area (Å²) in [5.41, 5.74) is 1.15. The smallest absolute Gasteiger partial charge is 0.410 e. The molecule has 0 aromatic rings. The van der Waals surface area contributed by atoms with E-state index < -0.39 is 0 Å². The van der Waals surface area contributed by atoms with Crippen LogP contribution >= 0.6 is 0 Å². The van der Waals surface area contributed by atoms with Crippen molar-refractivity contribution in [2.45, 2.75) is 69.5 Å². The van der Waals surface area contributed by atoms with Crippen LogP contribution in [0.2, 0.25) is 0 Å². The minimum absolute atomic E-state index is 0.00221. The molecule has 1 amide bonds. The number of allylic oxidation sites excluding steroid dienone is 3. The molecule has 4 heterocycles. The fourth-order valence-corrected chi connectivity index (χ4v) is 6.34. The number of hydrogen-bond donors (Lipinski definition) is 0. The van der Waals surface area contributed by atoms with E-state index in [1.54, 1.807) is 13.2 Å². The van der Waals surface area contributed by atoms with Crippen molar-refractivity contribution in [2.24, 2.45) is 5.41 Å². The monoisotopic (exact) mass is 420 g/mol. The lowest BCUT2D eigenvalue weighted by Gasteiger charge is -2.47. The van der Waals surface area contributed by atoms with Crippen LogP contribution in [0.5, 0.6) is 0 Å². The minimum Gasteiger partial charge on any atom is -0.497 e. The summed E-state index contributed by atoms with van der Waals surface area (Å²) in [6, 6.07) is 1.11. The predicted molar refractivity (Wildman–Crippen MR) is 110 cm³/mol. The highest BCUT2D eigenvalue weighted by Gasteiger charge is 2.49. The zero-order valence-electron chi connectivity index (χ0n) is 17.9. The first-order chi connectivity index (χ1) is 14.6. The number of carbonyl (C=O) groups excluding carboxylic acids is 1. The van der Waals surface area contributed by atoms with Gasteiger partial charge in [-0.15, -0.1) is 0 Å². The van der Waals surface area contributed by atoms with E-state index >= 15 is 0 Å². The highest BCUT2D eigenvalue weighted by atomic mass is 19.1. The molecule has 0 aromatic carbocycles. The molecule has 3 fully saturated rings. The first-order valence-electron chi connectivity index (χ1n) is 11.5. The average Bonchev–Trinajstić information content (AvgIpc) is 3.23. The molecular weight excluding hydrogens is 387 g/mol. The third kappa shape index (κ3) is 3.54. The highest BCUT2D eigenvalue weighted by molar-refractivity contribution is 5.69. The van der Waals surface area contributed by atoms with E-state index in [1.807, 2.05) is 4.90 Å². The number of hydrogen-bond acceptors (Lipinski definition) is 5. The molecule has 6 nitrogen and oxygen atoms in total. The normalized spacial score (nSPS) is 32.8. The summed E-state index contributed by atoms with van der Waals surface area (Å²) in [4.78, 5) is 17.1. The van der Waals surface area contributed by atoms with Gasteiger partial charge in [0.15, 0.2) is 0 Å². The van der Waals surface area contributed by atoms with E-state index in [1.165, 1.54) is 0 Å². The molecule has 4 aliphatic heterocycles. The van der Waals surface area contributed by atoms with Crippen LogP contribution in [0.3, 0.4) is 0 Å². The number of methoxy groups -OCH3 is 1. The van der Waals surface area contributed by atoms with E-state index in [-0.39, 0.29) is 17.3 Å². The fourth-order valence-electron chi connectivity index (χ4n) is 6.34. The number of likely N-dealkylation sites (tertiary alicyclic amines) is 1. The molecule has 0 N–H and O–H groups in total. The number of rotatable bonds is 4. The van der Waals surface area contributed by atoms with Gasteiger partial charge in [0.2, 0.25) is 0 Å². The Morgan fingerprint density at radius 1 is 1.17 bits per heavy atom. The summed E-state index contributed by atoms with van der Waals surface area (Å²) in [6.45, 7) is 3.52. The van der Waals surface area contributed by atoms with Gasteiger partial charge >= 0.3 is 6.09 Å². The Hall–Kier alpha value is -1.60. The number of ether oxygens (including phenoxy) is 3. The van der Waals surface area contributed by atoms with Gasteiger partial charge in [0.05, 0.1) is 13.2 Å². The van der Waals surface area contributed by atoms with Crippen LogP contribution < -0.4 is 0 Å². The van der Waals surface area contributed by atoms with Crippen molar-refractivity contribution < 1.29 is 23.4 Å². The van der Waals surface area contributed by atoms with Gasteiger partial charge < -0.3 is 24.0 Å². The molecule has 30 heavy (non-hydrogen) atoms. The van der Waals surface area contributed by atoms with Gasteiger partial charge in [-0.3, -0.25) is 0 Å². The van der Waals surface area contributed by atoms with Crippen molar-refractivity contribution >= 4 is 6.09 Å². The van der Waals surface area contributed by atoms with Gasteiger partial charge in [0.1, 0.15) is 18.2 Å². The van der Waals surface area contributed by atoms with Crippen LogP contribution in [0.25, 0.3) is 0 Å². The maximum atomic E-state index is 13.9. The Labute approximate surface area is 178 Å². The second-order valence-electron chi connectivity index (χ2n) is 9.56. The lowest BCUT2D eigenvalue weighted by molar-refractivity contribution is 0.0100. The number of carbonyl (C=O) groups is 1. The number of fused-ring (bicyclic) bond motifs is 3. The summed E-state index contributed by atoms with van der Waals surface area (Å²) in [6.07, 6.45) is 9.05. The molecule has 166 valence electrons. The van der Waals surface area contributed by atoms with Gasteiger partial charge in [-0.25, -0.2) is 9.18 Å². The Balaban J connectivity index is 1.19. The molecule has 2 bridgehead atoms. The summed E-state index contributed by atoms with van der Waals surface area (Å²) >= 11 is 0. The van der Waals surface area contributed by atoms with Crippen molar-refractivity contribution in [3.8, 4) is 0 Å². The molecule has 0 radical (unpaired) electrons. The van der Waals surface area contributed by atoms with Gasteiger partial charge in [0.25, 0.3) is 0 Å². The van der Waals surface area contributed by atoms with Gasteiger partial charge in [-0.05, 0) is 57.7 Å². The Morgan fingerprint density at radius 2 is 1.90 bits per heavy atom. The summed E-state index contributed by atoms with van der Waals surface area (Å²) in [5.74, 6) is 1.03. The average molecular weight is 421 g/mol. The molecule has 0 aromatic heterocycles. The number of halogens is 1. The predicted octanol–water partition coefficient (Wildman–Crippen LogP) is 3.78. The lowest BCUT2D eigenvalue weighted by Crippen LogP contribution is -2.55. The van der Waals surface area contributed by atoms with Crippen molar-refractivity contribution in [3.63, 3.8) is 0 Å². The molecule has 3 saturated heterocycles. The standard InChI is InChI=1S/C23H33FN2O4/c1-28-10-11-29-22(27)26-17-3-4-18(26)14-19(13-17)25-8-6-23(7-9-25)15-30-21-5-2-16(24)12-20(21)23/h12,17-19H,2-11,13-15H2,1H3. The van der Waals surface area contributed by atoms with Crippen LogP contribution in [0.4, 0.5) is 9.18 Å². The summed E-state index contributed by atoms with van der Waals surface area (Å²) in [5, 5.41) is 0. The third-order valence-corrected chi connectivity index (χ3v) is 7.99. The number of amides is 1. The van der Waals surface area contributed by atoms with Gasteiger partial charge in [0, 0.05) is 49.1 Å². The quantitative estimate of drug-likeness (QED) is 0.648. The first-order valence-corrected chi connectivity index (χ1v) is 11.5. The van der Waals surface area contributed by atoms with Crippen LogP contribution in [0.15, 0.2) is 23.2 Å². The van der Waals surface area contributed by atoms with E-state index in [0.29, 0.717) is 50.8 Å². The second-order valence-corrected chi connectivity index (χ2v) is 9.56. The second kappa shape index (κ2) is 8.15. The van der Waals surface area contributed by atoms with Crippen LogP contribution in [0.1, 0.15) is 51.4 Å². The topological polar surface area (TPSA) is 51.2 Å². The first kappa shape index (κ1) is 20.3. The summed E-state index contributed by atoms with van der Waals surface area (Å²) < 4.78 is 30.3. The van der Waals surface area contributed by atoms with Crippen LogP contribution in [0, 0.1) is 5.41 Å². The van der Waals surface area contributed by atoms with Crippen LogP contribution in [-0.4, -0.2) is 74.0 Å². The molecule has 1 spiro atoms. The summed E-state index contributed by atoms with van der Waals surface area (Å²) in [7, 11) is 1.61. The number of piperidine rings is 2. The van der Waals surface area contributed by atoms with Crippen LogP contribution in [-0.2, 0) is 14.2 Å². The maximum absolute atomic E-state index is 13.9. The molecular formula is C23H33FN2O4. The molecule has 0 saturated carbocycles. The largest absolute Gasteiger partial charge is 0.497 e. The van der Waals surface area contributed by atoms with E-state index in [4.69, 9.17) is 14.2 Å². The minimum atomic E-state index is -0.177. The third-order valence-electron chi connectivity index (χ3n) is 7.99. The SMILES string of the molecule is COCCOC(=O)N1C2CCC1CC(N1CCC3(CC1)COC1=C3C=C(F)CC1)C2. The zero-order valence-corrected chi connectivity index (χ0v) is 17.9. The molecule has 2 atom stereocenters. The number of nitrogens with zero attached hydrogens (tertiary/aromatic N) is 2. The highest BCUT2D eigenvalue weighted by Crippen LogP contribution is 2.50. The van der Waals surface area contributed by atoms with E-state index in [2.05, 4.69) is 4.90 Å². The van der Waals surface area contributed by atoms with Crippen molar-refractivity contribution in [2.75, 3.05) is 40.0 Å². The maximum Gasteiger partial charge on any atom is 0.410 e. The zero-order chi connectivity index (χ0) is 20.7. The molecule has 7 heteroatoms. The Morgan fingerprint density at radius 3 is 2.60 bits per heavy atom. The molecule has 5 aliphatic rings. The van der Waals surface area contributed by atoms with E-state index in [0.717, 1.165) is 62.9 Å². The van der Waals surface area contributed by atoms with Crippen molar-refractivity contribution in [1.82, 2.24) is 9.80 Å². The fraction of sp³-hybridized carbons (Fsp3) is 0.783. The van der Waals surface area contributed by atoms with Crippen molar-refractivity contribution in [3.05, 3.63) is 23.2 Å². The van der Waals surface area contributed by atoms with Gasteiger partial charge in [-0.2, -0.15) is 0 Å². The van der Waals surface area contributed by atoms with Crippen molar-refractivity contribution in [1.29, 1.82) is 0 Å². The Bertz CT molecular complexity index is 729. The lowest BCUT2D eigenvalue weighted by atomic mass is 9.72. The van der Waals surface area contributed by atoms with E-state index in [9.17, 15) is 9.18 Å². The molecule has 1 aliphatic carbocycles. The Kier molecular flexibility index (Phi) is 5.52. The molecule has 2 unspecified atom stereocenters. The van der Waals surface area contributed by atoms with Gasteiger partial charge in [-0.1, -0.05) is 0 Å². The molecule has 5 rings (SSSR count).